The predicted octanol–water partition coefficient (Wildman–Crippen LogP) is 8.56. The van der Waals surface area contributed by atoms with Crippen molar-refractivity contribution in [3.05, 3.63) is 45.5 Å². The molecule has 4 aliphatic carbocycles. The molecule has 2 fully saturated rings. The zero-order valence-electron chi connectivity index (χ0n) is 29.8. The van der Waals surface area contributed by atoms with Gasteiger partial charge in [-0.2, -0.15) is 0 Å². The van der Waals surface area contributed by atoms with Crippen LogP contribution in [0.5, 0.6) is 23.0 Å². The number of phenolic OH excluding ortho intramolecular Hbond substituents is 4. The number of aliphatic imine (C=N–C) groups is 1. The largest absolute Gasteiger partial charge is 0.504 e. The van der Waals surface area contributed by atoms with Gasteiger partial charge in [0.15, 0.2) is 28.8 Å². The average Bonchev–Trinajstić information content (AvgIpc) is 3.34. The van der Waals surface area contributed by atoms with Crippen LogP contribution in [-0.2, 0) is 26.1 Å². The van der Waals surface area contributed by atoms with Gasteiger partial charge < -0.3 is 25.2 Å². The Morgan fingerprint density at radius 3 is 1.85 bits per heavy atom. The number of rotatable bonds is 2. The molecule has 1 spiro atoms. The minimum atomic E-state index is -1.73. The molecule has 0 amide bonds. The number of hydrogen-bond donors (Lipinski definition) is 4. The number of ether oxygens (including phenoxy) is 1. The number of nitrogens with zero attached hydrogens (tertiary/aromatic N) is 1. The second-order valence-electron chi connectivity index (χ2n) is 18.0. The molecule has 4 N–H and O–H groups in total. The number of aromatic hydroxyl groups is 4. The molecule has 0 radical (unpaired) electrons. The van der Waals surface area contributed by atoms with Gasteiger partial charge in [0, 0.05) is 56.0 Å². The minimum Gasteiger partial charge on any atom is -0.504 e. The summed E-state index contributed by atoms with van der Waals surface area (Å²) in [5, 5.41) is 46.5. The third-order valence-corrected chi connectivity index (χ3v) is 13.4. The Morgan fingerprint density at radius 2 is 1.26 bits per heavy atom. The first-order chi connectivity index (χ1) is 21.7. The molecule has 7 rings (SSSR count). The molecule has 0 bridgehead atoms. The lowest BCUT2D eigenvalue weighted by Gasteiger charge is -2.57. The summed E-state index contributed by atoms with van der Waals surface area (Å²) >= 11 is 0. The van der Waals surface area contributed by atoms with Gasteiger partial charge in [0.05, 0.1) is 5.71 Å². The number of phenols is 4. The molecule has 2 unspecified atom stereocenters. The molecule has 0 saturated heterocycles. The third-order valence-electron chi connectivity index (χ3n) is 13.4. The summed E-state index contributed by atoms with van der Waals surface area (Å²) in [5.74, 6) is -1.44. The maximum atomic E-state index is 15.5. The minimum absolute atomic E-state index is 0.0656. The number of hydrogen-bond acceptors (Lipinski definition) is 7. The standard InChI is InChI=1S/C40H53NO6/c1-19(2)21-17-23-25(30(44)28(21)42)38(9)15-11-13-36(5,6)33(38)32-27(23)41-40(47-32)24-18-22(20(3)4)29(43)31(45)26(24)39(10)16-12-14-37(7,8)34(39)35(40)46/h17-20,32-34,42-45H,11-16H2,1-10H3/t32?,33-,34-,38+,39+,40?/m0/s1. The van der Waals surface area contributed by atoms with Crippen molar-refractivity contribution in [1.82, 2.24) is 0 Å². The van der Waals surface area contributed by atoms with E-state index in [1.54, 1.807) is 0 Å². The van der Waals surface area contributed by atoms with Gasteiger partial charge in [0.1, 0.15) is 6.10 Å². The molecule has 5 aliphatic rings. The maximum absolute atomic E-state index is 15.5. The van der Waals surface area contributed by atoms with Crippen LogP contribution in [0.3, 0.4) is 0 Å². The van der Waals surface area contributed by atoms with Crippen molar-refractivity contribution in [3.8, 4) is 23.0 Å². The van der Waals surface area contributed by atoms with E-state index < -0.39 is 34.0 Å². The zero-order chi connectivity index (χ0) is 34.4. The smallest absolute Gasteiger partial charge is 0.246 e. The van der Waals surface area contributed by atoms with E-state index in [2.05, 4.69) is 41.5 Å². The summed E-state index contributed by atoms with van der Waals surface area (Å²) in [6.07, 6.45) is 4.59. The molecule has 7 nitrogen and oxygen atoms in total. The normalized spacial score (nSPS) is 34.9. The summed E-state index contributed by atoms with van der Waals surface area (Å²) in [4.78, 5) is 21.0. The summed E-state index contributed by atoms with van der Waals surface area (Å²) < 4.78 is 7.36. The Morgan fingerprint density at radius 1 is 0.723 bits per heavy atom. The lowest BCUT2D eigenvalue weighted by molar-refractivity contribution is -0.173. The number of fused-ring (bicyclic) bond motifs is 10. The van der Waals surface area contributed by atoms with Gasteiger partial charge in [-0.05, 0) is 60.5 Å². The van der Waals surface area contributed by atoms with Gasteiger partial charge in [0.2, 0.25) is 5.72 Å². The lowest BCUT2D eigenvalue weighted by atomic mass is 9.48. The number of carbonyl (C=O) groups is 1. The van der Waals surface area contributed by atoms with E-state index in [-0.39, 0.29) is 52.0 Å². The van der Waals surface area contributed by atoms with Crippen molar-refractivity contribution in [2.45, 2.75) is 142 Å². The van der Waals surface area contributed by atoms with Gasteiger partial charge in [-0.1, -0.05) is 82.1 Å². The molecular formula is C40H53NO6. The molecular weight excluding hydrogens is 590 g/mol. The fourth-order valence-electron chi connectivity index (χ4n) is 11.5. The van der Waals surface area contributed by atoms with Crippen LogP contribution in [0.4, 0.5) is 0 Å². The van der Waals surface area contributed by atoms with E-state index in [0.29, 0.717) is 39.9 Å². The first kappa shape index (κ1) is 32.5. The van der Waals surface area contributed by atoms with Crippen LogP contribution >= 0.6 is 0 Å². The Balaban J connectivity index is 1.60. The second-order valence-corrected chi connectivity index (χ2v) is 18.0. The van der Waals surface area contributed by atoms with E-state index in [9.17, 15) is 20.4 Å². The summed E-state index contributed by atoms with van der Waals surface area (Å²) in [6.45, 7) is 20.9. The van der Waals surface area contributed by atoms with Crippen LogP contribution in [0.15, 0.2) is 17.1 Å². The van der Waals surface area contributed by atoms with Crippen molar-refractivity contribution >= 4 is 11.5 Å². The van der Waals surface area contributed by atoms with Crippen LogP contribution in [0.25, 0.3) is 0 Å². The predicted molar refractivity (Wildman–Crippen MR) is 183 cm³/mol. The van der Waals surface area contributed by atoms with Crippen LogP contribution in [0, 0.1) is 22.7 Å². The highest BCUT2D eigenvalue weighted by molar-refractivity contribution is 6.12. The lowest BCUT2D eigenvalue weighted by Crippen LogP contribution is -2.61. The Labute approximate surface area is 279 Å². The quantitative estimate of drug-likeness (QED) is 0.244. The fraction of sp³-hybridized carbons (Fsp3) is 0.650. The Kier molecular flexibility index (Phi) is 6.75. The zero-order valence-corrected chi connectivity index (χ0v) is 29.8. The second kappa shape index (κ2) is 9.77. The van der Waals surface area contributed by atoms with E-state index in [1.165, 1.54) is 0 Å². The van der Waals surface area contributed by atoms with Gasteiger partial charge >= 0.3 is 0 Å². The highest BCUT2D eigenvalue weighted by Crippen LogP contribution is 2.67. The van der Waals surface area contributed by atoms with Gasteiger partial charge in [-0.15, -0.1) is 0 Å². The first-order valence-electron chi connectivity index (χ1n) is 17.8. The fourth-order valence-corrected chi connectivity index (χ4v) is 11.5. The maximum Gasteiger partial charge on any atom is 0.246 e. The number of Topliss-reactive ketones (excluding diaryl/α,β-unsaturated/α-hetero) is 1. The van der Waals surface area contributed by atoms with Crippen LogP contribution in [0.1, 0.15) is 153 Å². The van der Waals surface area contributed by atoms with Crippen LogP contribution in [-0.4, -0.2) is 38.0 Å². The molecule has 0 aromatic heterocycles. The van der Waals surface area contributed by atoms with Crippen LogP contribution in [0.2, 0.25) is 0 Å². The Hall–Kier alpha value is -3.06. The van der Waals surface area contributed by atoms with Crippen LogP contribution < -0.4 is 0 Å². The van der Waals surface area contributed by atoms with Crippen molar-refractivity contribution in [2.24, 2.45) is 27.7 Å². The molecule has 6 atom stereocenters. The molecule has 2 saturated carbocycles. The van der Waals surface area contributed by atoms with Crippen molar-refractivity contribution in [1.29, 1.82) is 0 Å². The van der Waals surface area contributed by atoms with Crippen molar-refractivity contribution in [3.63, 3.8) is 0 Å². The third kappa shape index (κ3) is 3.95. The molecule has 254 valence electrons. The summed E-state index contributed by atoms with van der Waals surface area (Å²) in [5.41, 5.74) is 0.688. The number of benzene rings is 2. The highest BCUT2D eigenvalue weighted by atomic mass is 16.5. The SMILES string of the molecule is CC(C)c1cc2c(c(O)c1O)[C@@]1(C)CCCC(C)(C)[C@@H]1C(=O)C21N=C2c3cc(C(C)C)c(O)c(O)c3[C@@]3(C)CCCC(C)(C)[C@@H]3C2O1. The molecule has 1 aliphatic heterocycles. The van der Waals surface area contributed by atoms with E-state index in [4.69, 9.17) is 9.73 Å². The summed E-state index contributed by atoms with van der Waals surface area (Å²) in [6, 6.07) is 3.83. The van der Waals surface area contributed by atoms with Crippen molar-refractivity contribution in [2.75, 3.05) is 0 Å². The van der Waals surface area contributed by atoms with E-state index >= 15 is 4.79 Å². The number of ketones is 1. The van der Waals surface area contributed by atoms with E-state index in [0.717, 1.165) is 37.7 Å². The van der Waals surface area contributed by atoms with Gasteiger partial charge in [-0.3, -0.25) is 4.79 Å². The number of carbonyl (C=O) groups excluding carboxylic acids is 1. The first-order valence-corrected chi connectivity index (χ1v) is 17.8. The molecule has 47 heavy (non-hydrogen) atoms. The van der Waals surface area contributed by atoms with E-state index in [1.807, 2.05) is 39.8 Å². The van der Waals surface area contributed by atoms with Crippen molar-refractivity contribution < 1.29 is 30.0 Å². The topological polar surface area (TPSA) is 120 Å². The summed E-state index contributed by atoms with van der Waals surface area (Å²) in [7, 11) is 0. The van der Waals surface area contributed by atoms with Gasteiger partial charge in [0.25, 0.3) is 0 Å². The Bertz CT molecular complexity index is 1750. The molecule has 7 heteroatoms. The molecule has 2 aromatic rings. The monoisotopic (exact) mass is 643 g/mol. The highest BCUT2D eigenvalue weighted by Gasteiger charge is 2.69. The molecule has 1 heterocycles. The molecule has 2 aromatic carbocycles. The average molecular weight is 644 g/mol. The van der Waals surface area contributed by atoms with Gasteiger partial charge in [-0.25, -0.2) is 4.99 Å².